The Kier molecular flexibility index (Phi) is 3.81. The lowest BCUT2D eigenvalue weighted by Crippen LogP contribution is -2.32. The van der Waals surface area contributed by atoms with Gasteiger partial charge < -0.3 is 14.4 Å². The zero-order chi connectivity index (χ0) is 17.5. The van der Waals surface area contributed by atoms with Crippen LogP contribution in [0.5, 0.6) is 11.5 Å². The summed E-state index contributed by atoms with van der Waals surface area (Å²) in [6, 6.07) is 6.13. The summed E-state index contributed by atoms with van der Waals surface area (Å²) in [5.74, 6) is 1.70. The number of ether oxygens (including phenoxy) is 2. The minimum absolute atomic E-state index is 0.0991. The Morgan fingerprint density at radius 2 is 2.15 bits per heavy atom. The SMILES string of the molecule is O=C(Cc1cn2ccsc2n1)N1CCCC1c1ccc2c(c1)OCCO2. The third kappa shape index (κ3) is 2.72. The topological polar surface area (TPSA) is 56.1 Å². The maximum absolute atomic E-state index is 12.9. The van der Waals surface area contributed by atoms with Gasteiger partial charge in [-0.3, -0.25) is 9.20 Å². The summed E-state index contributed by atoms with van der Waals surface area (Å²) in [5.41, 5.74) is 1.94. The van der Waals surface area contributed by atoms with Crippen LogP contribution in [0.1, 0.15) is 30.1 Å². The van der Waals surface area contributed by atoms with Crippen molar-refractivity contribution in [2.45, 2.75) is 25.3 Å². The molecule has 0 spiro atoms. The fraction of sp³-hybridized carbons (Fsp3) is 0.368. The first-order valence-corrected chi connectivity index (χ1v) is 9.76. The Balaban J connectivity index is 1.36. The minimum Gasteiger partial charge on any atom is -0.486 e. The van der Waals surface area contributed by atoms with Crippen LogP contribution in [-0.2, 0) is 11.2 Å². The fourth-order valence-corrected chi connectivity index (χ4v) is 4.52. The molecule has 2 aliphatic heterocycles. The van der Waals surface area contributed by atoms with E-state index in [-0.39, 0.29) is 11.9 Å². The number of amides is 1. The molecular formula is C19H19N3O3S. The van der Waals surface area contributed by atoms with Crippen LogP contribution >= 0.6 is 11.3 Å². The molecule has 4 heterocycles. The molecule has 2 aromatic heterocycles. The predicted octanol–water partition coefficient (Wildman–Crippen LogP) is 3.07. The molecule has 0 saturated carbocycles. The number of hydrogen-bond acceptors (Lipinski definition) is 5. The summed E-state index contributed by atoms with van der Waals surface area (Å²) in [5, 5.41) is 1.99. The molecule has 134 valence electrons. The van der Waals surface area contributed by atoms with E-state index in [4.69, 9.17) is 9.47 Å². The number of benzene rings is 1. The zero-order valence-electron chi connectivity index (χ0n) is 14.3. The summed E-state index contributed by atoms with van der Waals surface area (Å²) < 4.78 is 13.3. The van der Waals surface area contributed by atoms with Crippen LogP contribution < -0.4 is 9.47 Å². The highest BCUT2D eigenvalue weighted by Gasteiger charge is 2.31. The molecule has 2 aliphatic rings. The van der Waals surface area contributed by atoms with Crippen LogP contribution in [0.4, 0.5) is 0 Å². The van der Waals surface area contributed by atoms with Crippen LogP contribution in [0.15, 0.2) is 36.0 Å². The molecule has 1 atom stereocenters. The molecule has 0 radical (unpaired) electrons. The first-order valence-electron chi connectivity index (χ1n) is 8.88. The number of likely N-dealkylation sites (tertiary alicyclic amines) is 1. The smallest absolute Gasteiger partial charge is 0.229 e. The van der Waals surface area contributed by atoms with E-state index in [2.05, 4.69) is 11.1 Å². The van der Waals surface area contributed by atoms with Gasteiger partial charge in [0, 0.05) is 24.3 Å². The second-order valence-corrected chi connectivity index (χ2v) is 7.52. The van der Waals surface area contributed by atoms with Crippen molar-refractivity contribution in [3.63, 3.8) is 0 Å². The second-order valence-electron chi connectivity index (χ2n) is 6.65. The third-order valence-electron chi connectivity index (χ3n) is 5.00. The highest BCUT2D eigenvalue weighted by molar-refractivity contribution is 7.15. The summed E-state index contributed by atoms with van der Waals surface area (Å²) >= 11 is 1.58. The van der Waals surface area contributed by atoms with Crippen molar-refractivity contribution in [1.82, 2.24) is 14.3 Å². The van der Waals surface area contributed by atoms with Crippen LogP contribution in [0.2, 0.25) is 0 Å². The zero-order valence-corrected chi connectivity index (χ0v) is 15.1. The Bertz CT molecular complexity index is 936. The quantitative estimate of drug-likeness (QED) is 0.712. The molecule has 1 unspecified atom stereocenters. The molecule has 0 aliphatic carbocycles. The van der Waals surface area contributed by atoms with Gasteiger partial charge in [-0.05, 0) is 30.5 Å². The monoisotopic (exact) mass is 369 g/mol. The number of fused-ring (bicyclic) bond motifs is 2. The van der Waals surface area contributed by atoms with Crippen LogP contribution in [0, 0.1) is 0 Å². The standard InChI is InChI=1S/C19H19N3O3S/c23-18(11-14-12-21-6-9-26-19(21)20-14)22-5-1-2-15(22)13-3-4-16-17(10-13)25-8-7-24-16/h3-4,6,9-10,12,15H,1-2,5,7-8,11H2. The second kappa shape index (κ2) is 6.32. The Hall–Kier alpha value is -2.54. The van der Waals surface area contributed by atoms with E-state index in [1.807, 2.05) is 39.2 Å². The molecule has 7 heteroatoms. The van der Waals surface area contributed by atoms with E-state index in [1.165, 1.54) is 0 Å². The number of carbonyl (C=O) groups excluding carboxylic acids is 1. The van der Waals surface area contributed by atoms with E-state index in [1.54, 1.807) is 11.3 Å². The van der Waals surface area contributed by atoms with Crippen LogP contribution in [0.25, 0.3) is 4.96 Å². The number of carbonyl (C=O) groups is 1. The largest absolute Gasteiger partial charge is 0.486 e. The first kappa shape index (κ1) is 15.7. The van der Waals surface area contributed by atoms with E-state index < -0.39 is 0 Å². The van der Waals surface area contributed by atoms with E-state index in [9.17, 15) is 4.79 Å². The molecule has 3 aromatic rings. The van der Waals surface area contributed by atoms with Gasteiger partial charge in [-0.2, -0.15) is 0 Å². The Labute approximate surface area is 155 Å². The van der Waals surface area contributed by atoms with Crippen LogP contribution in [0.3, 0.4) is 0 Å². The summed E-state index contributed by atoms with van der Waals surface area (Å²) in [7, 11) is 0. The lowest BCUT2D eigenvalue weighted by molar-refractivity contribution is -0.131. The van der Waals surface area contributed by atoms with Crippen LogP contribution in [-0.4, -0.2) is 40.0 Å². The van der Waals surface area contributed by atoms with Crippen molar-refractivity contribution < 1.29 is 14.3 Å². The van der Waals surface area contributed by atoms with Gasteiger partial charge in [-0.15, -0.1) is 11.3 Å². The molecule has 6 nitrogen and oxygen atoms in total. The maximum atomic E-state index is 12.9. The van der Waals surface area contributed by atoms with Crippen molar-refractivity contribution in [1.29, 1.82) is 0 Å². The summed E-state index contributed by atoms with van der Waals surface area (Å²) in [6.07, 6.45) is 6.25. The van der Waals surface area contributed by atoms with Crippen molar-refractivity contribution in [3.8, 4) is 11.5 Å². The molecule has 1 fully saturated rings. The van der Waals surface area contributed by atoms with E-state index in [0.717, 1.165) is 47.1 Å². The lowest BCUT2D eigenvalue weighted by Gasteiger charge is -2.26. The molecule has 26 heavy (non-hydrogen) atoms. The number of imidazole rings is 1. The fourth-order valence-electron chi connectivity index (χ4n) is 3.80. The average molecular weight is 369 g/mol. The summed E-state index contributed by atoms with van der Waals surface area (Å²) in [4.78, 5) is 20.4. The maximum Gasteiger partial charge on any atom is 0.229 e. The van der Waals surface area contributed by atoms with Gasteiger partial charge in [0.2, 0.25) is 5.91 Å². The predicted molar refractivity (Wildman–Crippen MR) is 97.9 cm³/mol. The third-order valence-corrected chi connectivity index (χ3v) is 5.77. The van der Waals surface area contributed by atoms with Gasteiger partial charge in [-0.1, -0.05) is 6.07 Å². The lowest BCUT2D eigenvalue weighted by atomic mass is 10.0. The molecule has 1 aromatic carbocycles. The number of nitrogens with zero attached hydrogens (tertiary/aromatic N) is 3. The van der Waals surface area contributed by atoms with Gasteiger partial charge >= 0.3 is 0 Å². The Morgan fingerprint density at radius 3 is 3.04 bits per heavy atom. The minimum atomic E-state index is 0.0991. The number of rotatable bonds is 3. The van der Waals surface area contributed by atoms with Crippen molar-refractivity contribution in [2.24, 2.45) is 0 Å². The number of aromatic nitrogens is 2. The highest BCUT2D eigenvalue weighted by Crippen LogP contribution is 2.38. The van der Waals surface area contributed by atoms with Crippen molar-refractivity contribution in [2.75, 3.05) is 19.8 Å². The number of hydrogen-bond donors (Lipinski definition) is 0. The first-order chi connectivity index (χ1) is 12.8. The Morgan fingerprint density at radius 1 is 1.27 bits per heavy atom. The molecule has 0 bridgehead atoms. The molecular weight excluding hydrogens is 350 g/mol. The molecule has 1 amide bonds. The van der Waals surface area contributed by atoms with Gasteiger partial charge in [-0.25, -0.2) is 4.98 Å². The van der Waals surface area contributed by atoms with Gasteiger partial charge in [0.25, 0.3) is 0 Å². The number of thiazole rings is 1. The molecule has 1 saturated heterocycles. The average Bonchev–Trinajstić information content (AvgIpc) is 3.37. The van der Waals surface area contributed by atoms with Gasteiger partial charge in [0.15, 0.2) is 16.5 Å². The summed E-state index contributed by atoms with van der Waals surface area (Å²) in [6.45, 7) is 1.95. The van der Waals surface area contributed by atoms with Crippen molar-refractivity contribution in [3.05, 3.63) is 47.2 Å². The van der Waals surface area contributed by atoms with Crippen molar-refractivity contribution >= 4 is 22.2 Å². The molecule has 5 rings (SSSR count). The normalized spacial score (nSPS) is 19.2. The van der Waals surface area contributed by atoms with E-state index in [0.29, 0.717) is 19.6 Å². The van der Waals surface area contributed by atoms with E-state index >= 15 is 0 Å². The molecule has 0 N–H and O–H groups in total. The van der Waals surface area contributed by atoms with Gasteiger partial charge in [0.1, 0.15) is 13.2 Å². The van der Waals surface area contributed by atoms with Gasteiger partial charge in [0.05, 0.1) is 18.2 Å². The highest BCUT2D eigenvalue weighted by atomic mass is 32.1.